The second kappa shape index (κ2) is 12.3. The molecule has 0 aliphatic heterocycles. The van der Waals surface area contributed by atoms with Gasteiger partial charge in [0.2, 0.25) is 10.0 Å². The minimum atomic E-state index is -3.57. The molecule has 0 saturated carbocycles. The zero-order valence-corrected chi connectivity index (χ0v) is 18.8. The molecule has 0 saturated heterocycles. The number of benzene rings is 2. The maximum Gasteiger partial charge on any atom is 0.240 e. The smallest absolute Gasteiger partial charge is 0.240 e. The summed E-state index contributed by atoms with van der Waals surface area (Å²) in [6.07, 6.45) is 0.977. The first-order chi connectivity index (χ1) is 14.5. The average molecular weight is 433 g/mol. The number of aryl methyl sites for hydroxylation is 1. The van der Waals surface area contributed by atoms with Crippen LogP contribution in [-0.2, 0) is 34.3 Å². The highest BCUT2D eigenvalue weighted by atomic mass is 32.2. The first-order valence-corrected chi connectivity index (χ1v) is 11.6. The van der Waals surface area contributed by atoms with Crippen molar-refractivity contribution < 1.29 is 13.2 Å². The van der Waals surface area contributed by atoms with Crippen molar-refractivity contribution in [3.8, 4) is 0 Å². The summed E-state index contributed by atoms with van der Waals surface area (Å²) in [7, 11) is -2.04. The summed E-state index contributed by atoms with van der Waals surface area (Å²) in [4.78, 5) is 4.84. The van der Waals surface area contributed by atoms with Gasteiger partial charge < -0.3 is 15.4 Å². The third-order valence-corrected chi connectivity index (χ3v) is 5.98. The van der Waals surface area contributed by atoms with E-state index in [-0.39, 0.29) is 11.4 Å². The van der Waals surface area contributed by atoms with E-state index in [1.807, 2.05) is 25.1 Å². The Balaban J connectivity index is 2.07. The van der Waals surface area contributed by atoms with E-state index in [1.165, 1.54) is 18.2 Å². The van der Waals surface area contributed by atoms with Crippen molar-refractivity contribution in [2.45, 2.75) is 38.3 Å². The first-order valence-electron chi connectivity index (χ1n) is 10.2. The number of aliphatic imine (C=N–C) groups is 1. The molecule has 164 valence electrons. The monoisotopic (exact) mass is 432 g/mol. The van der Waals surface area contributed by atoms with Crippen molar-refractivity contribution in [1.82, 2.24) is 15.4 Å². The SMILES string of the molecule is CCNC(=NCc1cccc(S(=O)(=O)NCCOC)c1)NCc1ccccc1CC. The molecule has 8 heteroatoms. The molecule has 30 heavy (non-hydrogen) atoms. The number of nitrogens with one attached hydrogen (secondary N) is 3. The fraction of sp³-hybridized carbons (Fsp3) is 0.409. The second-order valence-corrected chi connectivity index (χ2v) is 8.48. The summed E-state index contributed by atoms with van der Waals surface area (Å²) in [5.74, 6) is 0.690. The number of sulfonamides is 1. The summed E-state index contributed by atoms with van der Waals surface area (Å²) in [6, 6.07) is 15.1. The fourth-order valence-corrected chi connectivity index (χ4v) is 4.02. The van der Waals surface area contributed by atoms with Gasteiger partial charge in [0.1, 0.15) is 0 Å². The first kappa shape index (κ1) is 23.9. The highest BCUT2D eigenvalue weighted by Crippen LogP contribution is 2.12. The molecule has 7 nitrogen and oxygen atoms in total. The van der Waals surface area contributed by atoms with Gasteiger partial charge in [0.25, 0.3) is 0 Å². The number of hydrogen-bond acceptors (Lipinski definition) is 4. The zero-order chi connectivity index (χ0) is 21.8. The lowest BCUT2D eigenvalue weighted by Gasteiger charge is -2.13. The van der Waals surface area contributed by atoms with E-state index >= 15 is 0 Å². The Kier molecular flexibility index (Phi) is 9.79. The molecule has 0 aromatic heterocycles. The molecule has 2 aromatic rings. The molecule has 0 fully saturated rings. The van der Waals surface area contributed by atoms with E-state index in [1.54, 1.807) is 18.2 Å². The van der Waals surface area contributed by atoms with E-state index < -0.39 is 10.0 Å². The number of hydrogen-bond donors (Lipinski definition) is 3. The van der Waals surface area contributed by atoms with Crippen LogP contribution in [0.1, 0.15) is 30.5 Å². The molecule has 0 spiro atoms. The van der Waals surface area contributed by atoms with Crippen molar-refractivity contribution in [3.63, 3.8) is 0 Å². The molecule has 0 amide bonds. The quantitative estimate of drug-likeness (QED) is 0.288. The molecule has 0 atom stereocenters. The van der Waals surface area contributed by atoms with Crippen LogP contribution in [0.4, 0.5) is 0 Å². The van der Waals surface area contributed by atoms with Crippen LogP contribution < -0.4 is 15.4 Å². The highest BCUT2D eigenvalue weighted by molar-refractivity contribution is 7.89. The molecule has 0 unspecified atom stereocenters. The van der Waals surface area contributed by atoms with Gasteiger partial charge in [-0.15, -0.1) is 0 Å². The van der Waals surface area contributed by atoms with Crippen LogP contribution in [0, 0.1) is 0 Å². The van der Waals surface area contributed by atoms with E-state index in [9.17, 15) is 8.42 Å². The minimum absolute atomic E-state index is 0.223. The van der Waals surface area contributed by atoms with E-state index in [4.69, 9.17) is 4.74 Å². The second-order valence-electron chi connectivity index (χ2n) is 6.71. The normalized spacial score (nSPS) is 12.0. The van der Waals surface area contributed by atoms with Crippen LogP contribution in [0.25, 0.3) is 0 Å². The van der Waals surface area contributed by atoms with Crippen molar-refractivity contribution in [2.24, 2.45) is 4.99 Å². The Morgan fingerprint density at radius 1 is 1.03 bits per heavy atom. The van der Waals surface area contributed by atoms with Crippen molar-refractivity contribution >= 4 is 16.0 Å². The van der Waals surface area contributed by atoms with Gasteiger partial charge in [0.15, 0.2) is 5.96 Å². The third kappa shape index (κ3) is 7.44. The highest BCUT2D eigenvalue weighted by Gasteiger charge is 2.13. The lowest BCUT2D eigenvalue weighted by Crippen LogP contribution is -2.37. The number of ether oxygens (including phenoxy) is 1. The van der Waals surface area contributed by atoms with Gasteiger partial charge in [-0.25, -0.2) is 18.1 Å². The summed E-state index contributed by atoms with van der Waals surface area (Å²) in [6.45, 7) is 6.48. The topological polar surface area (TPSA) is 91.8 Å². The fourth-order valence-electron chi connectivity index (χ4n) is 2.94. The number of rotatable bonds is 11. The molecule has 2 aromatic carbocycles. The summed E-state index contributed by atoms with van der Waals surface area (Å²) in [5, 5.41) is 6.59. The largest absolute Gasteiger partial charge is 0.383 e. The summed E-state index contributed by atoms with van der Waals surface area (Å²) in [5.41, 5.74) is 3.36. The molecule has 2 rings (SSSR count). The van der Waals surface area contributed by atoms with Crippen LogP contribution in [0.3, 0.4) is 0 Å². The van der Waals surface area contributed by atoms with Gasteiger partial charge >= 0.3 is 0 Å². The molecule has 0 bridgehead atoms. The summed E-state index contributed by atoms with van der Waals surface area (Å²) >= 11 is 0. The molecule has 3 N–H and O–H groups in total. The van der Waals surface area contributed by atoms with Gasteiger partial charge in [-0.1, -0.05) is 43.3 Å². The third-order valence-electron chi connectivity index (χ3n) is 4.52. The van der Waals surface area contributed by atoms with Gasteiger partial charge in [-0.3, -0.25) is 0 Å². The number of methoxy groups -OCH3 is 1. The van der Waals surface area contributed by atoms with Crippen molar-refractivity contribution in [3.05, 3.63) is 65.2 Å². The van der Waals surface area contributed by atoms with E-state index in [0.29, 0.717) is 25.7 Å². The van der Waals surface area contributed by atoms with Crippen molar-refractivity contribution in [1.29, 1.82) is 0 Å². The van der Waals surface area contributed by atoms with Gasteiger partial charge in [0, 0.05) is 26.7 Å². The van der Waals surface area contributed by atoms with Gasteiger partial charge in [-0.05, 0) is 42.2 Å². The molecule has 0 aliphatic rings. The van der Waals surface area contributed by atoms with E-state index in [0.717, 1.165) is 18.5 Å². The lowest BCUT2D eigenvalue weighted by atomic mass is 10.1. The molecular formula is C22H32N4O3S. The van der Waals surface area contributed by atoms with E-state index in [2.05, 4.69) is 39.4 Å². The van der Waals surface area contributed by atoms with Crippen molar-refractivity contribution in [2.75, 3.05) is 26.8 Å². The Morgan fingerprint density at radius 2 is 1.80 bits per heavy atom. The minimum Gasteiger partial charge on any atom is -0.383 e. The van der Waals surface area contributed by atoms with Crippen LogP contribution in [0.5, 0.6) is 0 Å². The standard InChI is InChI=1S/C22H32N4O3S/c1-4-19-10-6-7-11-20(19)17-25-22(23-5-2)24-16-18-9-8-12-21(15-18)30(27,28)26-13-14-29-3/h6-12,15,26H,4-5,13-14,16-17H2,1-3H3,(H2,23,24,25). The van der Waals surface area contributed by atoms with Crippen LogP contribution in [0.15, 0.2) is 58.4 Å². The Morgan fingerprint density at radius 3 is 2.50 bits per heavy atom. The number of guanidine groups is 1. The van der Waals surface area contributed by atoms with Crippen LogP contribution >= 0.6 is 0 Å². The van der Waals surface area contributed by atoms with Gasteiger partial charge in [-0.2, -0.15) is 0 Å². The Hall–Kier alpha value is -2.42. The molecule has 0 radical (unpaired) electrons. The van der Waals surface area contributed by atoms with Crippen LogP contribution in [0.2, 0.25) is 0 Å². The van der Waals surface area contributed by atoms with Crippen LogP contribution in [-0.4, -0.2) is 41.2 Å². The van der Waals surface area contributed by atoms with Gasteiger partial charge in [0.05, 0.1) is 18.0 Å². The lowest BCUT2D eigenvalue weighted by molar-refractivity contribution is 0.204. The molecule has 0 aliphatic carbocycles. The average Bonchev–Trinajstić information content (AvgIpc) is 2.76. The summed E-state index contributed by atoms with van der Waals surface area (Å²) < 4.78 is 32.2. The molecular weight excluding hydrogens is 400 g/mol. The predicted octanol–water partition coefficient (Wildman–Crippen LogP) is 2.43. The zero-order valence-electron chi connectivity index (χ0n) is 17.9. The molecule has 0 heterocycles. The Bertz CT molecular complexity index is 929. The Labute approximate surface area is 180 Å². The predicted molar refractivity (Wildman–Crippen MR) is 121 cm³/mol. The maximum absolute atomic E-state index is 12.4. The number of nitrogens with zero attached hydrogens (tertiary/aromatic N) is 1. The maximum atomic E-state index is 12.4.